The maximum atomic E-state index is 12.4. The predicted molar refractivity (Wildman–Crippen MR) is 121 cm³/mol. The van der Waals surface area contributed by atoms with Gasteiger partial charge in [0, 0.05) is 27.7 Å². The van der Waals surface area contributed by atoms with E-state index in [0.29, 0.717) is 10.0 Å². The minimum absolute atomic E-state index is 0.00178. The normalized spacial score (nSPS) is 10.7. The fourth-order valence-electron chi connectivity index (χ4n) is 2.48. The van der Waals surface area contributed by atoms with Crippen LogP contribution < -0.4 is 10.2 Å². The van der Waals surface area contributed by atoms with Gasteiger partial charge in [-0.25, -0.2) is 10.2 Å². The number of hydrogen-bond acceptors (Lipinski definition) is 6. The van der Waals surface area contributed by atoms with Crippen molar-refractivity contribution in [2.24, 2.45) is 5.10 Å². The Bertz CT molecular complexity index is 1230. The molecule has 8 nitrogen and oxygen atoms in total. The number of nitrogens with zero attached hydrogens (tertiary/aromatic N) is 2. The molecule has 11 heteroatoms. The molecule has 3 aromatic carbocycles. The van der Waals surface area contributed by atoms with Gasteiger partial charge in [0.25, 0.3) is 11.6 Å². The highest BCUT2D eigenvalue weighted by atomic mass is 35.5. The fourth-order valence-corrected chi connectivity index (χ4v) is 3.10. The topological polar surface area (TPSA) is 111 Å². The van der Waals surface area contributed by atoms with E-state index in [1.165, 1.54) is 54.6 Å². The summed E-state index contributed by atoms with van der Waals surface area (Å²) in [6.07, 6.45) is 1.11. The molecule has 0 fully saturated rings. The second kappa shape index (κ2) is 10.2. The summed E-state index contributed by atoms with van der Waals surface area (Å²) in [5.74, 6) is -1.34. The fraction of sp³-hybridized carbons (Fsp3) is 0. The van der Waals surface area contributed by atoms with Gasteiger partial charge in [0.05, 0.1) is 27.3 Å². The molecule has 0 saturated heterocycles. The summed E-state index contributed by atoms with van der Waals surface area (Å²) < 4.78 is 5.34. The van der Waals surface area contributed by atoms with Crippen LogP contribution in [0.4, 0.5) is 5.69 Å². The van der Waals surface area contributed by atoms with Gasteiger partial charge < -0.3 is 4.74 Å². The zero-order valence-electron chi connectivity index (χ0n) is 15.9. The minimum Gasteiger partial charge on any atom is -0.422 e. The summed E-state index contributed by atoms with van der Waals surface area (Å²) in [4.78, 5) is 35.2. The second-order valence-electron chi connectivity index (χ2n) is 6.20. The van der Waals surface area contributed by atoms with Crippen molar-refractivity contribution in [1.82, 2.24) is 5.43 Å². The number of esters is 1. The van der Waals surface area contributed by atoms with E-state index in [2.05, 4.69) is 10.5 Å². The van der Waals surface area contributed by atoms with Gasteiger partial charge in [-0.05, 0) is 48.5 Å². The van der Waals surface area contributed by atoms with Crippen LogP contribution in [0.25, 0.3) is 0 Å². The van der Waals surface area contributed by atoms with Crippen LogP contribution in [0, 0.1) is 10.1 Å². The molecule has 3 rings (SSSR count). The first kappa shape index (κ1) is 23.2. The first-order valence-electron chi connectivity index (χ1n) is 8.79. The molecule has 3 aromatic rings. The number of rotatable bonds is 6. The van der Waals surface area contributed by atoms with E-state index < -0.39 is 16.8 Å². The van der Waals surface area contributed by atoms with Gasteiger partial charge in [-0.3, -0.25) is 14.9 Å². The lowest BCUT2D eigenvalue weighted by molar-refractivity contribution is -0.384. The molecule has 0 saturated carbocycles. The van der Waals surface area contributed by atoms with E-state index in [1.807, 2.05) is 0 Å². The van der Waals surface area contributed by atoms with Gasteiger partial charge in [0.1, 0.15) is 5.75 Å². The summed E-state index contributed by atoms with van der Waals surface area (Å²) in [6.45, 7) is 0. The summed E-state index contributed by atoms with van der Waals surface area (Å²) in [5, 5.41) is 15.8. The zero-order valence-corrected chi connectivity index (χ0v) is 18.2. The van der Waals surface area contributed by atoms with Crippen molar-refractivity contribution in [2.75, 3.05) is 0 Å². The molecule has 162 valence electrons. The van der Waals surface area contributed by atoms with Crippen molar-refractivity contribution < 1.29 is 19.2 Å². The third-order valence-electron chi connectivity index (χ3n) is 4.03. The standard InChI is InChI=1S/C21H12Cl3N3O5/c22-14-3-1-12(2-4-14)21(29)32-19-8-6-16(27(30)31)9-13(19)11-25-26-20(28)17-7-5-15(23)10-18(17)24/h1-11H,(H,26,28)/b25-11+. The minimum atomic E-state index is -0.706. The van der Waals surface area contributed by atoms with E-state index in [9.17, 15) is 19.7 Å². The number of nitro groups is 1. The van der Waals surface area contributed by atoms with Crippen molar-refractivity contribution in [3.8, 4) is 5.75 Å². The number of non-ortho nitro benzene ring substituents is 1. The molecule has 0 radical (unpaired) electrons. The van der Waals surface area contributed by atoms with E-state index in [0.717, 1.165) is 12.3 Å². The van der Waals surface area contributed by atoms with E-state index >= 15 is 0 Å². The van der Waals surface area contributed by atoms with Crippen LogP contribution in [0.5, 0.6) is 5.75 Å². The molecule has 0 aliphatic rings. The number of nitro benzene ring substituents is 1. The zero-order chi connectivity index (χ0) is 23.3. The Balaban J connectivity index is 1.82. The first-order chi connectivity index (χ1) is 15.2. The molecule has 0 aliphatic heterocycles. The van der Waals surface area contributed by atoms with Crippen LogP contribution in [0.15, 0.2) is 65.8 Å². The highest BCUT2D eigenvalue weighted by Crippen LogP contribution is 2.24. The van der Waals surface area contributed by atoms with Gasteiger partial charge >= 0.3 is 5.97 Å². The van der Waals surface area contributed by atoms with Crippen molar-refractivity contribution in [3.05, 3.63) is 103 Å². The van der Waals surface area contributed by atoms with E-state index in [1.54, 1.807) is 0 Å². The van der Waals surface area contributed by atoms with Crippen LogP contribution in [-0.2, 0) is 0 Å². The number of hydrogen-bond donors (Lipinski definition) is 1. The second-order valence-corrected chi connectivity index (χ2v) is 7.48. The molecule has 0 unspecified atom stereocenters. The molecule has 0 spiro atoms. The van der Waals surface area contributed by atoms with Gasteiger partial charge in [-0.2, -0.15) is 5.10 Å². The Hall–Kier alpha value is -3.46. The number of benzene rings is 3. The number of carbonyl (C=O) groups is 2. The van der Waals surface area contributed by atoms with Crippen LogP contribution in [0.1, 0.15) is 26.3 Å². The lowest BCUT2D eigenvalue weighted by atomic mass is 10.2. The molecule has 0 heterocycles. The maximum Gasteiger partial charge on any atom is 0.343 e. The number of ether oxygens (including phenoxy) is 1. The third kappa shape index (κ3) is 5.82. The summed E-state index contributed by atoms with van der Waals surface area (Å²) in [7, 11) is 0. The average molecular weight is 493 g/mol. The third-order valence-corrected chi connectivity index (χ3v) is 4.83. The first-order valence-corrected chi connectivity index (χ1v) is 9.92. The monoisotopic (exact) mass is 491 g/mol. The number of amides is 1. The smallest absolute Gasteiger partial charge is 0.343 e. The van der Waals surface area contributed by atoms with Crippen LogP contribution in [-0.4, -0.2) is 23.0 Å². The van der Waals surface area contributed by atoms with Crippen molar-refractivity contribution in [3.63, 3.8) is 0 Å². The largest absolute Gasteiger partial charge is 0.422 e. The molecule has 32 heavy (non-hydrogen) atoms. The summed E-state index contributed by atoms with van der Waals surface area (Å²) in [6, 6.07) is 13.9. The SMILES string of the molecule is O=C(Oc1ccc([N+](=O)[O-])cc1/C=N/NC(=O)c1ccc(Cl)cc1Cl)c1ccc(Cl)cc1. The average Bonchev–Trinajstić information content (AvgIpc) is 2.75. The Morgan fingerprint density at radius 1 is 0.969 bits per heavy atom. The van der Waals surface area contributed by atoms with Crippen LogP contribution in [0.3, 0.4) is 0 Å². The maximum absolute atomic E-state index is 12.4. The number of halogens is 3. The van der Waals surface area contributed by atoms with E-state index in [-0.39, 0.29) is 33.1 Å². The van der Waals surface area contributed by atoms with Crippen molar-refractivity contribution >= 4 is 58.6 Å². The van der Waals surface area contributed by atoms with Crippen LogP contribution >= 0.6 is 34.8 Å². The van der Waals surface area contributed by atoms with Gasteiger partial charge in [0.15, 0.2) is 0 Å². The quantitative estimate of drug-likeness (QED) is 0.160. The van der Waals surface area contributed by atoms with Gasteiger partial charge in [0.2, 0.25) is 0 Å². The molecular formula is C21H12Cl3N3O5. The molecule has 1 amide bonds. The van der Waals surface area contributed by atoms with Gasteiger partial charge in [-0.1, -0.05) is 34.8 Å². The molecule has 0 aromatic heterocycles. The number of carbonyl (C=O) groups excluding carboxylic acids is 2. The van der Waals surface area contributed by atoms with Gasteiger partial charge in [-0.15, -0.1) is 0 Å². The Morgan fingerprint density at radius 2 is 1.66 bits per heavy atom. The lowest BCUT2D eigenvalue weighted by Gasteiger charge is -2.08. The Kier molecular flexibility index (Phi) is 7.42. The summed E-state index contributed by atoms with van der Waals surface area (Å²) >= 11 is 17.6. The Morgan fingerprint density at radius 3 is 2.31 bits per heavy atom. The van der Waals surface area contributed by atoms with Crippen LogP contribution in [0.2, 0.25) is 15.1 Å². The molecule has 1 N–H and O–H groups in total. The number of nitrogens with one attached hydrogen (secondary N) is 1. The molecule has 0 aliphatic carbocycles. The molecule has 0 bridgehead atoms. The molecular weight excluding hydrogens is 481 g/mol. The number of hydrazone groups is 1. The highest BCUT2D eigenvalue weighted by molar-refractivity contribution is 6.36. The lowest BCUT2D eigenvalue weighted by Crippen LogP contribution is -2.18. The predicted octanol–water partition coefficient (Wildman–Crippen LogP) is 5.54. The summed E-state index contributed by atoms with van der Waals surface area (Å²) in [5.41, 5.74) is 2.43. The highest BCUT2D eigenvalue weighted by Gasteiger charge is 2.16. The Labute approximate surface area is 196 Å². The van der Waals surface area contributed by atoms with Crippen molar-refractivity contribution in [2.45, 2.75) is 0 Å². The molecule has 0 atom stereocenters. The van der Waals surface area contributed by atoms with Crippen molar-refractivity contribution in [1.29, 1.82) is 0 Å². The van der Waals surface area contributed by atoms with E-state index in [4.69, 9.17) is 39.5 Å².